The van der Waals surface area contributed by atoms with Crippen molar-refractivity contribution in [3.05, 3.63) is 88.2 Å². The van der Waals surface area contributed by atoms with E-state index in [0.717, 1.165) is 36.2 Å². The number of hydrogen-bond donors (Lipinski definition) is 2. The molecule has 0 saturated carbocycles. The number of hydrogen-bond acceptors (Lipinski definition) is 4. The van der Waals surface area contributed by atoms with Crippen molar-refractivity contribution in [2.24, 2.45) is 11.8 Å². The molecule has 0 aromatic heterocycles. The van der Waals surface area contributed by atoms with Crippen LogP contribution in [0, 0.1) is 5.92 Å². The summed E-state index contributed by atoms with van der Waals surface area (Å²) in [5.74, 6) is 6.75. The molecule has 6 heteroatoms. The van der Waals surface area contributed by atoms with Crippen LogP contribution in [-0.4, -0.2) is 35.5 Å². The SMILES string of the molecule is CC.CCCN(C/C(Cc1ccccc1Cl)=C1/C(=O)NC(c2ccccc2)=CN1N)CC(C)C. The van der Waals surface area contributed by atoms with Crippen LogP contribution in [0.15, 0.2) is 72.1 Å². The number of nitrogens with two attached hydrogens (primary N) is 1. The molecule has 0 atom stereocenters. The molecule has 0 radical (unpaired) electrons. The molecule has 184 valence electrons. The smallest absolute Gasteiger partial charge is 0.273 e. The van der Waals surface area contributed by atoms with E-state index >= 15 is 0 Å². The van der Waals surface area contributed by atoms with Gasteiger partial charge in [0.1, 0.15) is 5.70 Å². The summed E-state index contributed by atoms with van der Waals surface area (Å²) in [6.45, 7) is 13.1. The molecule has 0 fully saturated rings. The summed E-state index contributed by atoms with van der Waals surface area (Å²) in [6, 6.07) is 17.5. The van der Waals surface area contributed by atoms with Gasteiger partial charge in [-0.25, -0.2) is 5.84 Å². The maximum absolute atomic E-state index is 13.3. The van der Waals surface area contributed by atoms with Crippen molar-refractivity contribution in [2.45, 2.75) is 47.5 Å². The van der Waals surface area contributed by atoms with Crippen molar-refractivity contribution in [1.29, 1.82) is 0 Å². The lowest BCUT2D eigenvalue weighted by Crippen LogP contribution is -2.43. The third-order valence-electron chi connectivity index (χ3n) is 5.35. The molecule has 5 nitrogen and oxygen atoms in total. The average Bonchev–Trinajstić information content (AvgIpc) is 2.81. The highest BCUT2D eigenvalue weighted by Gasteiger charge is 2.27. The Bertz CT molecular complexity index is 985. The minimum atomic E-state index is -0.197. The topological polar surface area (TPSA) is 61.6 Å². The monoisotopic (exact) mass is 482 g/mol. The Morgan fingerprint density at radius 3 is 2.32 bits per heavy atom. The van der Waals surface area contributed by atoms with Crippen LogP contribution in [0.2, 0.25) is 5.02 Å². The van der Waals surface area contributed by atoms with Gasteiger partial charge in [-0.1, -0.05) is 94.8 Å². The van der Waals surface area contributed by atoms with Crippen LogP contribution in [0.3, 0.4) is 0 Å². The molecule has 1 aliphatic rings. The quantitative estimate of drug-likeness (QED) is 0.348. The average molecular weight is 483 g/mol. The molecule has 1 aliphatic heterocycles. The molecule has 0 bridgehead atoms. The zero-order valence-corrected chi connectivity index (χ0v) is 21.9. The van der Waals surface area contributed by atoms with E-state index in [1.807, 2.05) is 68.4 Å². The normalized spacial score (nSPS) is 15.0. The van der Waals surface area contributed by atoms with E-state index in [1.165, 1.54) is 5.01 Å². The minimum Gasteiger partial charge on any atom is -0.319 e. The summed E-state index contributed by atoms with van der Waals surface area (Å²) in [4.78, 5) is 15.7. The molecular formula is C28H39ClN4O. The highest BCUT2D eigenvalue weighted by atomic mass is 35.5. The molecular weight excluding hydrogens is 444 g/mol. The Labute approximate surface area is 210 Å². The predicted molar refractivity (Wildman–Crippen MR) is 144 cm³/mol. The molecule has 2 aromatic rings. The number of benzene rings is 2. The Morgan fingerprint density at radius 1 is 1.09 bits per heavy atom. The van der Waals surface area contributed by atoms with Crippen LogP contribution in [0.4, 0.5) is 0 Å². The van der Waals surface area contributed by atoms with Crippen LogP contribution < -0.4 is 11.2 Å². The van der Waals surface area contributed by atoms with Gasteiger partial charge in [0, 0.05) is 24.3 Å². The summed E-state index contributed by atoms with van der Waals surface area (Å²) in [5.41, 5.74) is 4.02. The third-order valence-corrected chi connectivity index (χ3v) is 5.72. The van der Waals surface area contributed by atoms with E-state index in [0.29, 0.717) is 35.3 Å². The largest absolute Gasteiger partial charge is 0.319 e. The first-order valence-electron chi connectivity index (χ1n) is 12.2. The van der Waals surface area contributed by atoms with E-state index in [4.69, 9.17) is 17.4 Å². The Balaban J connectivity index is 0.00000199. The summed E-state index contributed by atoms with van der Waals surface area (Å²) in [7, 11) is 0. The first-order chi connectivity index (χ1) is 16.4. The van der Waals surface area contributed by atoms with Crippen LogP contribution in [-0.2, 0) is 11.2 Å². The Hall–Kier alpha value is -2.60. The number of carbonyl (C=O) groups excluding carboxylic acids is 1. The molecule has 0 spiro atoms. The van der Waals surface area contributed by atoms with Gasteiger partial charge in [-0.05, 0) is 48.1 Å². The Kier molecular flexibility index (Phi) is 11.3. The first-order valence-corrected chi connectivity index (χ1v) is 12.6. The second-order valence-corrected chi connectivity index (χ2v) is 9.03. The maximum Gasteiger partial charge on any atom is 0.273 e. The summed E-state index contributed by atoms with van der Waals surface area (Å²) in [6.07, 6.45) is 3.38. The van der Waals surface area contributed by atoms with Gasteiger partial charge >= 0.3 is 0 Å². The van der Waals surface area contributed by atoms with E-state index in [9.17, 15) is 4.79 Å². The molecule has 0 unspecified atom stereocenters. The fourth-order valence-corrected chi connectivity index (χ4v) is 4.27. The lowest BCUT2D eigenvalue weighted by Gasteiger charge is -2.31. The van der Waals surface area contributed by atoms with Crippen LogP contribution >= 0.6 is 11.6 Å². The van der Waals surface area contributed by atoms with Gasteiger partial charge in [0.2, 0.25) is 0 Å². The van der Waals surface area contributed by atoms with Crippen molar-refractivity contribution in [2.75, 3.05) is 19.6 Å². The van der Waals surface area contributed by atoms with Crippen molar-refractivity contribution in [3.8, 4) is 0 Å². The van der Waals surface area contributed by atoms with Crippen molar-refractivity contribution in [1.82, 2.24) is 15.2 Å². The van der Waals surface area contributed by atoms with Gasteiger partial charge in [-0.15, -0.1) is 0 Å². The first kappa shape index (κ1) is 27.6. The lowest BCUT2D eigenvalue weighted by atomic mass is 10.00. The van der Waals surface area contributed by atoms with E-state index in [2.05, 4.69) is 31.0 Å². The van der Waals surface area contributed by atoms with E-state index < -0.39 is 0 Å². The van der Waals surface area contributed by atoms with Crippen LogP contribution in [0.5, 0.6) is 0 Å². The fraction of sp³-hybridized carbons (Fsp3) is 0.393. The van der Waals surface area contributed by atoms with Crippen LogP contribution in [0.25, 0.3) is 5.70 Å². The molecule has 2 aromatic carbocycles. The maximum atomic E-state index is 13.3. The molecule has 34 heavy (non-hydrogen) atoms. The van der Waals surface area contributed by atoms with Gasteiger partial charge in [-0.2, -0.15) is 0 Å². The molecule has 3 rings (SSSR count). The van der Waals surface area contributed by atoms with Crippen LogP contribution in [0.1, 0.15) is 52.2 Å². The molecule has 1 amide bonds. The second kappa shape index (κ2) is 14.0. The fourth-order valence-electron chi connectivity index (χ4n) is 4.07. The zero-order valence-electron chi connectivity index (χ0n) is 21.1. The third kappa shape index (κ3) is 7.73. The number of nitrogens with zero attached hydrogens (tertiary/aromatic N) is 2. The molecule has 1 heterocycles. The van der Waals surface area contributed by atoms with Gasteiger partial charge in [-0.3, -0.25) is 14.7 Å². The van der Waals surface area contributed by atoms with E-state index in [1.54, 1.807) is 6.20 Å². The van der Waals surface area contributed by atoms with Crippen molar-refractivity contribution < 1.29 is 4.79 Å². The number of rotatable bonds is 9. The number of amides is 1. The van der Waals surface area contributed by atoms with Gasteiger partial charge in [0.05, 0.1) is 5.70 Å². The predicted octanol–water partition coefficient (Wildman–Crippen LogP) is 5.83. The second-order valence-electron chi connectivity index (χ2n) is 8.62. The van der Waals surface area contributed by atoms with Crippen molar-refractivity contribution >= 4 is 23.2 Å². The van der Waals surface area contributed by atoms with Crippen molar-refractivity contribution in [3.63, 3.8) is 0 Å². The highest BCUT2D eigenvalue weighted by molar-refractivity contribution is 6.31. The van der Waals surface area contributed by atoms with E-state index in [-0.39, 0.29) is 5.91 Å². The highest BCUT2D eigenvalue weighted by Crippen LogP contribution is 2.26. The molecule has 0 aliphatic carbocycles. The minimum absolute atomic E-state index is 0.197. The number of halogens is 1. The number of nitrogens with one attached hydrogen (secondary N) is 1. The summed E-state index contributed by atoms with van der Waals surface area (Å²) in [5, 5.41) is 5.19. The molecule has 3 N–H and O–H groups in total. The van der Waals surface area contributed by atoms with Gasteiger partial charge in [0.25, 0.3) is 5.91 Å². The number of carbonyl (C=O) groups is 1. The van der Waals surface area contributed by atoms with Gasteiger partial charge < -0.3 is 5.32 Å². The lowest BCUT2D eigenvalue weighted by molar-refractivity contribution is -0.118. The number of hydrazine groups is 1. The zero-order chi connectivity index (χ0) is 25.1. The summed E-state index contributed by atoms with van der Waals surface area (Å²) >= 11 is 6.47. The standard InChI is InChI=1S/C26H33ClN4O.C2H6/c1-4-14-30(16-19(2)3)17-22(15-21-12-8-9-13-23(21)27)25-26(32)29-24(18-31(25)28)20-10-6-5-7-11-20;1-2/h5-13,18-19H,4,14-17,28H2,1-3H3,(H,29,32);1-2H3/b25-22-;. The summed E-state index contributed by atoms with van der Waals surface area (Å²) < 4.78 is 0. The van der Waals surface area contributed by atoms with Gasteiger partial charge in [0.15, 0.2) is 0 Å². The Morgan fingerprint density at radius 2 is 1.74 bits per heavy atom. The molecule has 0 saturated heterocycles.